The van der Waals surface area contributed by atoms with Crippen molar-refractivity contribution in [1.82, 2.24) is 4.90 Å². The molecule has 1 saturated carbocycles. The van der Waals surface area contributed by atoms with Crippen molar-refractivity contribution in [1.29, 1.82) is 0 Å². The Morgan fingerprint density at radius 2 is 1.24 bits per heavy atom. The molecule has 17 heavy (non-hydrogen) atoms. The van der Waals surface area contributed by atoms with Crippen LogP contribution in [0.5, 0.6) is 0 Å². The van der Waals surface area contributed by atoms with E-state index < -0.39 is 0 Å². The molecule has 102 valence electrons. The molecule has 0 amide bonds. The number of hydrogen-bond donors (Lipinski definition) is 0. The Hall–Kier alpha value is -0.0400. The first kappa shape index (κ1) is 15.0. The van der Waals surface area contributed by atoms with E-state index in [4.69, 9.17) is 0 Å². The molecule has 1 nitrogen and oxygen atoms in total. The first-order chi connectivity index (χ1) is 8.38. The summed E-state index contributed by atoms with van der Waals surface area (Å²) in [6, 6.07) is 0.911. The first-order valence-corrected chi connectivity index (χ1v) is 8.12. The molecule has 0 bridgehead atoms. The fourth-order valence-electron chi connectivity index (χ4n) is 3.00. The summed E-state index contributed by atoms with van der Waals surface area (Å²) in [7, 11) is 0. The van der Waals surface area contributed by atoms with Crippen LogP contribution in [0.4, 0.5) is 0 Å². The molecule has 0 saturated heterocycles. The highest BCUT2D eigenvalue weighted by Gasteiger charge is 2.18. The second-order valence-corrected chi connectivity index (χ2v) is 5.74. The minimum Gasteiger partial charge on any atom is -0.300 e. The Kier molecular flexibility index (Phi) is 8.78. The second kappa shape index (κ2) is 9.94. The first-order valence-electron chi connectivity index (χ1n) is 8.12. The highest BCUT2D eigenvalue weighted by atomic mass is 15.1. The van der Waals surface area contributed by atoms with Gasteiger partial charge in [0.25, 0.3) is 0 Å². The van der Waals surface area contributed by atoms with Crippen LogP contribution in [0.15, 0.2) is 0 Å². The second-order valence-electron chi connectivity index (χ2n) is 5.74. The van der Waals surface area contributed by atoms with Crippen LogP contribution >= 0.6 is 0 Å². The lowest BCUT2D eigenvalue weighted by atomic mass is 9.95. The number of hydrogen-bond acceptors (Lipinski definition) is 1. The Balaban J connectivity index is 2.39. The van der Waals surface area contributed by atoms with Crippen LogP contribution in [-0.2, 0) is 0 Å². The van der Waals surface area contributed by atoms with Gasteiger partial charge in [-0.25, -0.2) is 0 Å². The number of rotatable bonds is 7. The molecule has 0 spiro atoms. The normalized spacial score (nSPS) is 19.2. The summed E-state index contributed by atoms with van der Waals surface area (Å²) in [5.41, 5.74) is 0. The predicted molar refractivity (Wildman–Crippen MR) is 77.5 cm³/mol. The maximum Gasteiger partial charge on any atom is 0.00952 e. The third-order valence-electron chi connectivity index (χ3n) is 4.19. The van der Waals surface area contributed by atoms with Crippen molar-refractivity contribution in [2.24, 2.45) is 0 Å². The molecule has 1 aliphatic carbocycles. The van der Waals surface area contributed by atoms with E-state index in [1.165, 1.54) is 83.7 Å². The van der Waals surface area contributed by atoms with Crippen molar-refractivity contribution in [3.63, 3.8) is 0 Å². The van der Waals surface area contributed by atoms with E-state index in [0.717, 1.165) is 6.04 Å². The van der Waals surface area contributed by atoms with Crippen LogP contribution in [-0.4, -0.2) is 24.0 Å². The number of unbranched alkanes of at least 4 members (excludes halogenated alkanes) is 2. The minimum atomic E-state index is 0.911. The van der Waals surface area contributed by atoms with E-state index in [9.17, 15) is 0 Å². The summed E-state index contributed by atoms with van der Waals surface area (Å²) in [5, 5.41) is 0. The smallest absolute Gasteiger partial charge is 0.00952 e. The fraction of sp³-hybridized carbons (Fsp3) is 1.00. The highest BCUT2D eigenvalue weighted by molar-refractivity contribution is 4.74. The molecule has 1 fully saturated rings. The lowest BCUT2D eigenvalue weighted by Crippen LogP contribution is -2.37. The molecule has 1 rings (SSSR count). The molecule has 0 unspecified atom stereocenters. The summed E-state index contributed by atoms with van der Waals surface area (Å²) in [6.45, 7) is 7.33. The monoisotopic (exact) mass is 239 g/mol. The predicted octanol–water partition coefficient (Wildman–Crippen LogP) is 5.00. The van der Waals surface area contributed by atoms with E-state index in [1.54, 1.807) is 0 Å². The Morgan fingerprint density at radius 1 is 0.765 bits per heavy atom. The molecular formula is C16H33N. The molecule has 0 radical (unpaired) electrons. The van der Waals surface area contributed by atoms with Crippen molar-refractivity contribution < 1.29 is 0 Å². The van der Waals surface area contributed by atoms with E-state index in [0.29, 0.717) is 0 Å². The van der Waals surface area contributed by atoms with Gasteiger partial charge in [0, 0.05) is 6.04 Å². The Labute approximate surface area is 109 Å². The zero-order chi connectivity index (χ0) is 12.3. The largest absolute Gasteiger partial charge is 0.300 e. The SMILES string of the molecule is CCCCN(CCCC)C1CCCCCCC1. The molecular weight excluding hydrogens is 206 g/mol. The lowest BCUT2D eigenvalue weighted by molar-refractivity contribution is 0.161. The van der Waals surface area contributed by atoms with Crippen molar-refractivity contribution in [3.05, 3.63) is 0 Å². The van der Waals surface area contributed by atoms with Gasteiger partial charge in [0.05, 0.1) is 0 Å². The average Bonchev–Trinajstić information content (AvgIpc) is 2.30. The molecule has 0 aromatic rings. The van der Waals surface area contributed by atoms with Gasteiger partial charge in [0.1, 0.15) is 0 Å². The molecule has 0 aromatic carbocycles. The molecule has 0 N–H and O–H groups in total. The quantitative estimate of drug-likeness (QED) is 0.604. The topological polar surface area (TPSA) is 3.24 Å². The molecule has 1 heteroatoms. The van der Waals surface area contributed by atoms with Crippen LogP contribution in [0.2, 0.25) is 0 Å². The summed E-state index contributed by atoms with van der Waals surface area (Å²) in [4.78, 5) is 2.82. The van der Waals surface area contributed by atoms with Gasteiger partial charge in [0.15, 0.2) is 0 Å². The molecule has 0 heterocycles. The van der Waals surface area contributed by atoms with Gasteiger partial charge in [-0.1, -0.05) is 58.8 Å². The van der Waals surface area contributed by atoms with Gasteiger partial charge in [-0.2, -0.15) is 0 Å². The highest BCUT2D eigenvalue weighted by Crippen LogP contribution is 2.22. The summed E-state index contributed by atoms with van der Waals surface area (Å²) >= 11 is 0. The zero-order valence-electron chi connectivity index (χ0n) is 12.2. The molecule has 0 atom stereocenters. The number of nitrogens with zero attached hydrogens (tertiary/aromatic N) is 1. The lowest BCUT2D eigenvalue weighted by Gasteiger charge is -2.33. The molecule has 1 aliphatic rings. The third-order valence-corrected chi connectivity index (χ3v) is 4.19. The fourth-order valence-corrected chi connectivity index (χ4v) is 3.00. The van der Waals surface area contributed by atoms with Crippen molar-refractivity contribution >= 4 is 0 Å². The molecule has 0 aromatic heterocycles. The minimum absolute atomic E-state index is 0.911. The Bertz CT molecular complexity index is 151. The zero-order valence-corrected chi connectivity index (χ0v) is 12.2. The van der Waals surface area contributed by atoms with Crippen LogP contribution in [0.3, 0.4) is 0 Å². The van der Waals surface area contributed by atoms with Crippen molar-refractivity contribution in [2.45, 2.75) is 90.5 Å². The van der Waals surface area contributed by atoms with E-state index in [-0.39, 0.29) is 0 Å². The van der Waals surface area contributed by atoms with Gasteiger partial charge >= 0.3 is 0 Å². The van der Waals surface area contributed by atoms with Crippen LogP contribution in [0, 0.1) is 0 Å². The van der Waals surface area contributed by atoms with Gasteiger partial charge in [0.2, 0.25) is 0 Å². The van der Waals surface area contributed by atoms with Crippen molar-refractivity contribution in [3.8, 4) is 0 Å². The van der Waals surface area contributed by atoms with E-state index >= 15 is 0 Å². The van der Waals surface area contributed by atoms with E-state index in [2.05, 4.69) is 18.7 Å². The third kappa shape index (κ3) is 6.45. The average molecular weight is 239 g/mol. The van der Waals surface area contributed by atoms with Crippen LogP contribution in [0.1, 0.15) is 84.5 Å². The maximum absolute atomic E-state index is 2.82. The van der Waals surface area contributed by atoms with Gasteiger partial charge in [-0.3, -0.25) is 0 Å². The Morgan fingerprint density at radius 3 is 1.71 bits per heavy atom. The van der Waals surface area contributed by atoms with E-state index in [1.807, 2.05) is 0 Å². The molecule has 0 aliphatic heterocycles. The van der Waals surface area contributed by atoms with Gasteiger partial charge in [-0.15, -0.1) is 0 Å². The summed E-state index contributed by atoms with van der Waals surface area (Å²) in [6.07, 6.45) is 15.8. The summed E-state index contributed by atoms with van der Waals surface area (Å²) < 4.78 is 0. The van der Waals surface area contributed by atoms with Gasteiger partial charge < -0.3 is 4.90 Å². The van der Waals surface area contributed by atoms with Crippen LogP contribution in [0.25, 0.3) is 0 Å². The maximum atomic E-state index is 2.82. The van der Waals surface area contributed by atoms with Crippen LogP contribution < -0.4 is 0 Å². The van der Waals surface area contributed by atoms with Gasteiger partial charge in [-0.05, 0) is 38.8 Å². The standard InChI is InChI=1S/C16H33N/c1-3-5-14-17(15-6-4-2)16-12-10-8-7-9-11-13-16/h16H,3-15H2,1-2H3. The summed E-state index contributed by atoms with van der Waals surface area (Å²) in [5.74, 6) is 0. The van der Waals surface area contributed by atoms with Crippen molar-refractivity contribution in [2.75, 3.05) is 13.1 Å².